The van der Waals surface area contributed by atoms with Crippen LogP contribution in [0.4, 0.5) is 0 Å². The molecule has 0 aliphatic rings. The smallest absolute Gasteiger partial charge is 0.264 e. The summed E-state index contributed by atoms with van der Waals surface area (Å²) >= 11 is 0. The Kier molecular flexibility index (Phi) is 7.34. The van der Waals surface area contributed by atoms with E-state index in [4.69, 9.17) is 9.11 Å². The second-order valence-corrected chi connectivity index (χ2v) is 7.82. The van der Waals surface area contributed by atoms with Gasteiger partial charge in [-0.1, -0.05) is 26.7 Å². The zero-order chi connectivity index (χ0) is 14.4. The molecule has 0 heterocycles. The van der Waals surface area contributed by atoms with Gasteiger partial charge in [0.05, 0.1) is 11.5 Å². The molecule has 2 atom stereocenters. The van der Waals surface area contributed by atoms with E-state index in [2.05, 4.69) is 0 Å². The molecule has 0 fully saturated rings. The molecule has 0 aliphatic heterocycles. The summed E-state index contributed by atoms with van der Waals surface area (Å²) in [5.74, 6) is -0.624. The molecule has 0 bridgehead atoms. The van der Waals surface area contributed by atoms with Gasteiger partial charge in [0, 0.05) is 0 Å². The average Bonchev–Trinajstić information content (AvgIpc) is 2.18. The van der Waals surface area contributed by atoms with Crippen LogP contribution in [0.1, 0.15) is 39.5 Å². The first-order chi connectivity index (χ1) is 8.05. The highest BCUT2D eigenvalue weighted by Gasteiger charge is 2.20. The number of rotatable bonds is 9. The molecule has 0 saturated heterocycles. The summed E-state index contributed by atoms with van der Waals surface area (Å²) in [5.41, 5.74) is 0. The Labute approximate surface area is 109 Å². The molecule has 0 aromatic rings. The van der Waals surface area contributed by atoms with Gasteiger partial charge >= 0.3 is 0 Å². The van der Waals surface area contributed by atoms with Crippen molar-refractivity contribution in [1.29, 1.82) is 0 Å². The third-order valence-corrected chi connectivity index (χ3v) is 4.55. The fourth-order valence-electron chi connectivity index (χ4n) is 1.95. The van der Waals surface area contributed by atoms with E-state index in [0.717, 1.165) is 12.8 Å². The maximum absolute atomic E-state index is 10.7. The summed E-state index contributed by atoms with van der Waals surface area (Å²) in [5, 5.41) is 0. The minimum atomic E-state index is -3.98. The van der Waals surface area contributed by atoms with Crippen LogP contribution in [-0.4, -0.2) is 37.4 Å². The van der Waals surface area contributed by atoms with Crippen molar-refractivity contribution in [3.63, 3.8) is 0 Å². The zero-order valence-corrected chi connectivity index (χ0v) is 12.4. The topological polar surface area (TPSA) is 109 Å². The number of hydrogen-bond acceptors (Lipinski definition) is 4. The minimum Gasteiger partial charge on any atom is -0.286 e. The summed E-state index contributed by atoms with van der Waals surface area (Å²) in [7, 11) is -7.96. The summed E-state index contributed by atoms with van der Waals surface area (Å²) in [6, 6.07) is 0. The van der Waals surface area contributed by atoms with Gasteiger partial charge in [0.25, 0.3) is 20.2 Å². The van der Waals surface area contributed by atoms with Gasteiger partial charge in [0.1, 0.15) is 0 Å². The van der Waals surface area contributed by atoms with Gasteiger partial charge in [-0.15, -0.1) is 0 Å². The predicted molar refractivity (Wildman–Crippen MR) is 69.6 cm³/mol. The molecule has 6 nitrogen and oxygen atoms in total. The van der Waals surface area contributed by atoms with E-state index in [1.165, 1.54) is 0 Å². The van der Waals surface area contributed by atoms with Crippen molar-refractivity contribution in [3.05, 3.63) is 0 Å². The third-order valence-electron chi connectivity index (χ3n) is 3.04. The van der Waals surface area contributed by atoms with Crippen molar-refractivity contribution in [2.45, 2.75) is 39.5 Å². The highest BCUT2D eigenvalue weighted by molar-refractivity contribution is 7.86. The lowest BCUT2D eigenvalue weighted by Crippen LogP contribution is -2.19. The van der Waals surface area contributed by atoms with Crippen LogP contribution in [0.15, 0.2) is 0 Å². The molecule has 0 aliphatic carbocycles. The monoisotopic (exact) mass is 302 g/mol. The fraction of sp³-hybridized carbons (Fsp3) is 1.00. The van der Waals surface area contributed by atoms with Crippen molar-refractivity contribution in [3.8, 4) is 0 Å². The molecule has 18 heavy (non-hydrogen) atoms. The molecule has 0 radical (unpaired) electrons. The maximum Gasteiger partial charge on any atom is 0.264 e. The van der Waals surface area contributed by atoms with E-state index < -0.39 is 20.2 Å². The lowest BCUT2D eigenvalue weighted by Gasteiger charge is -2.22. The zero-order valence-electron chi connectivity index (χ0n) is 10.7. The Morgan fingerprint density at radius 3 is 1.72 bits per heavy atom. The van der Waals surface area contributed by atoms with Crippen molar-refractivity contribution in [1.82, 2.24) is 0 Å². The van der Waals surface area contributed by atoms with Gasteiger partial charge in [-0.3, -0.25) is 9.11 Å². The first-order valence-electron chi connectivity index (χ1n) is 5.95. The molecule has 2 unspecified atom stereocenters. The predicted octanol–water partition coefficient (Wildman–Crippen LogP) is 1.59. The highest BCUT2D eigenvalue weighted by atomic mass is 32.2. The second-order valence-electron chi connectivity index (χ2n) is 4.68. The lowest BCUT2D eigenvalue weighted by atomic mass is 9.86. The van der Waals surface area contributed by atoms with E-state index >= 15 is 0 Å². The first-order valence-corrected chi connectivity index (χ1v) is 9.17. The molecule has 8 heteroatoms. The molecular formula is C10H22O6S2. The van der Waals surface area contributed by atoms with Gasteiger partial charge < -0.3 is 0 Å². The largest absolute Gasteiger partial charge is 0.286 e. The summed E-state index contributed by atoms with van der Waals surface area (Å²) < 4.78 is 60.1. The van der Waals surface area contributed by atoms with Crippen LogP contribution >= 0.6 is 0 Å². The summed E-state index contributed by atoms with van der Waals surface area (Å²) in [6.45, 7) is 3.78. The summed E-state index contributed by atoms with van der Waals surface area (Å²) in [6.07, 6.45) is 2.21. The van der Waals surface area contributed by atoms with E-state index in [-0.39, 0.29) is 29.8 Å². The van der Waals surface area contributed by atoms with E-state index in [0.29, 0.717) is 6.42 Å². The van der Waals surface area contributed by atoms with Crippen LogP contribution in [0.25, 0.3) is 0 Å². The van der Waals surface area contributed by atoms with Gasteiger partial charge in [-0.2, -0.15) is 16.8 Å². The van der Waals surface area contributed by atoms with Crippen LogP contribution in [-0.2, 0) is 20.2 Å². The number of hydrogen-bond donors (Lipinski definition) is 2. The molecule has 0 spiro atoms. The van der Waals surface area contributed by atoms with Crippen LogP contribution in [0.3, 0.4) is 0 Å². The van der Waals surface area contributed by atoms with Gasteiger partial charge in [0.15, 0.2) is 0 Å². The Balaban J connectivity index is 4.39. The van der Waals surface area contributed by atoms with Crippen LogP contribution in [0.2, 0.25) is 0 Å². The average molecular weight is 302 g/mol. The molecule has 0 rings (SSSR count). The van der Waals surface area contributed by atoms with Crippen molar-refractivity contribution < 1.29 is 25.9 Å². The van der Waals surface area contributed by atoms with Crippen LogP contribution in [0, 0.1) is 11.8 Å². The Hall–Kier alpha value is -0.180. The molecule has 0 aromatic carbocycles. The second kappa shape index (κ2) is 7.42. The molecule has 0 saturated carbocycles. The SMILES string of the molecule is CCCC(CCS(=O)(=O)O)C(C)CCS(=O)(=O)O. The quantitative estimate of drug-likeness (QED) is 0.626. The molecular weight excluding hydrogens is 280 g/mol. The molecule has 110 valence electrons. The Bertz CT molecular complexity index is 425. The van der Waals surface area contributed by atoms with Gasteiger partial charge in [-0.25, -0.2) is 0 Å². The molecule has 0 amide bonds. The van der Waals surface area contributed by atoms with Crippen LogP contribution in [0.5, 0.6) is 0 Å². The van der Waals surface area contributed by atoms with Crippen molar-refractivity contribution in [2.75, 3.05) is 11.5 Å². The van der Waals surface area contributed by atoms with E-state index in [1.54, 1.807) is 0 Å². The highest BCUT2D eigenvalue weighted by Crippen LogP contribution is 2.25. The lowest BCUT2D eigenvalue weighted by molar-refractivity contribution is 0.311. The first kappa shape index (κ1) is 17.8. The van der Waals surface area contributed by atoms with Gasteiger partial charge in [0.2, 0.25) is 0 Å². The molecule has 0 aromatic heterocycles. The third kappa shape index (κ3) is 9.81. The van der Waals surface area contributed by atoms with Crippen molar-refractivity contribution >= 4 is 20.2 Å². The standard InChI is InChI=1S/C10H22O6S2/c1-3-4-10(6-8-18(14,15)16)9(2)5-7-17(11,12)13/h9-10H,3-8H2,1-2H3,(H,11,12,13)(H,14,15,16). The maximum atomic E-state index is 10.7. The van der Waals surface area contributed by atoms with Gasteiger partial charge in [-0.05, 0) is 24.7 Å². The van der Waals surface area contributed by atoms with Crippen LogP contribution < -0.4 is 0 Å². The fourth-order valence-corrected chi connectivity index (χ4v) is 3.23. The normalized spacial score (nSPS) is 16.4. The Morgan fingerprint density at radius 2 is 1.33 bits per heavy atom. The van der Waals surface area contributed by atoms with Crippen molar-refractivity contribution in [2.24, 2.45) is 11.8 Å². The minimum absolute atomic E-state index is 0.0198. The molecule has 2 N–H and O–H groups in total. The van der Waals surface area contributed by atoms with E-state index in [9.17, 15) is 16.8 Å². The Morgan fingerprint density at radius 1 is 0.889 bits per heavy atom. The van der Waals surface area contributed by atoms with E-state index in [1.807, 2.05) is 13.8 Å². The summed E-state index contributed by atoms with van der Waals surface area (Å²) in [4.78, 5) is 0.